The van der Waals surface area contributed by atoms with Crippen LogP contribution in [0.5, 0.6) is 0 Å². The predicted molar refractivity (Wildman–Crippen MR) is 76.2 cm³/mol. The highest BCUT2D eigenvalue weighted by Crippen LogP contribution is 2.29. The zero-order chi connectivity index (χ0) is 14.1. The number of carbonyl (C=O) groups is 1. The second-order valence-corrected chi connectivity index (χ2v) is 5.09. The van der Waals surface area contributed by atoms with Crippen molar-refractivity contribution in [3.05, 3.63) is 47.5 Å². The average molecular weight is 271 g/mol. The molecule has 0 amide bonds. The molecule has 1 aliphatic heterocycles. The van der Waals surface area contributed by atoms with Crippen LogP contribution in [0.3, 0.4) is 0 Å². The van der Waals surface area contributed by atoms with Gasteiger partial charge in [-0.1, -0.05) is 6.07 Å². The van der Waals surface area contributed by atoms with Crippen LogP contribution in [0.15, 0.2) is 30.6 Å². The summed E-state index contributed by atoms with van der Waals surface area (Å²) in [6.07, 6.45) is 5.58. The predicted octanol–water partition coefficient (Wildman–Crippen LogP) is 1.72. The molecule has 0 spiro atoms. The number of benzene rings is 1. The molecule has 0 bridgehead atoms. The molecular weight excluding hydrogens is 254 g/mol. The molecule has 1 aromatic carbocycles. The maximum absolute atomic E-state index is 11.1. The van der Waals surface area contributed by atoms with E-state index in [4.69, 9.17) is 5.11 Å². The van der Waals surface area contributed by atoms with Crippen molar-refractivity contribution in [3.63, 3.8) is 0 Å². The van der Waals surface area contributed by atoms with Gasteiger partial charge in [0, 0.05) is 44.6 Å². The quantitative estimate of drug-likeness (QED) is 0.920. The monoisotopic (exact) mass is 271 g/mol. The first-order chi connectivity index (χ1) is 9.65. The van der Waals surface area contributed by atoms with Crippen LogP contribution in [-0.2, 0) is 19.9 Å². The molecule has 0 atom stereocenters. The third-order valence-electron chi connectivity index (χ3n) is 3.85. The molecule has 2 aromatic rings. The van der Waals surface area contributed by atoms with E-state index in [-0.39, 0.29) is 0 Å². The van der Waals surface area contributed by atoms with Crippen LogP contribution < -0.4 is 4.90 Å². The third-order valence-corrected chi connectivity index (χ3v) is 3.85. The van der Waals surface area contributed by atoms with Crippen molar-refractivity contribution in [2.75, 3.05) is 18.0 Å². The smallest absolute Gasteiger partial charge is 0.335 e. The summed E-state index contributed by atoms with van der Waals surface area (Å²) in [6.45, 7) is 1.81. The highest BCUT2D eigenvalue weighted by molar-refractivity contribution is 5.89. The summed E-state index contributed by atoms with van der Waals surface area (Å²) in [5.74, 6) is 0.177. The van der Waals surface area contributed by atoms with Crippen molar-refractivity contribution in [3.8, 4) is 0 Å². The Bertz CT molecular complexity index is 648. The summed E-state index contributed by atoms with van der Waals surface area (Å²) in [6, 6.07) is 5.39. The number of carboxylic acid groups (broad SMARTS) is 1. The lowest BCUT2D eigenvalue weighted by Crippen LogP contribution is -2.24. The number of aryl methyl sites for hydroxylation is 1. The molecule has 0 saturated heterocycles. The Kier molecular flexibility index (Phi) is 3.18. The Hall–Kier alpha value is -2.30. The van der Waals surface area contributed by atoms with Gasteiger partial charge in [-0.05, 0) is 24.1 Å². The van der Waals surface area contributed by atoms with Crippen molar-refractivity contribution in [2.45, 2.75) is 12.8 Å². The van der Waals surface area contributed by atoms with Gasteiger partial charge in [0.15, 0.2) is 0 Å². The second kappa shape index (κ2) is 5.00. The molecule has 104 valence electrons. The lowest BCUT2D eigenvalue weighted by Gasteiger charge is -2.19. The lowest BCUT2D eigenvalue weighted by molar-refractivity contribution is 0.0697. The highest BCUT2D eigenvalue weighted by atomic mass is 16.4. The molecular formula is C15H17N3O2. The molecule has 1 N–H and O–H groups in total. The summed E-state index contributed by atoms with van der Waals surface area (Å²) in [4.78, 5) is 17.6. The fraction of sp³-hybridized carbons (Fsp3) is 0.333. The molecule has 1 aromatic heterocycles. The van der Waals surface area contributed by atoms with Gasteiger partial charge in [0.2, 0.25) is 0 Å². The molecule has 20 heavy (non-hydrogen) atoms. The number of carboxylic acids is 1. The van der Waals surface area contributed by atoms with E-state index in [9.17, 15) is 4.79 Å². The Morgan fingerprint density at radius 2 is 2.30 bits per heavy atom. The minimum atomic E-state index is -0.872. The van der Waals surface area contributed by atoms with Gasteiger partial charge in [-0.3, -0.25) is 0 Å². The van der Waals surface area contributed by atoms with Gasteiger partial charge in [0.05, 0.1) is 5.56 Å². The van der Waals surface area contributed by atoms with Gasteiger partial charge in [0.25, 0.3) is 0 Å². The van der Waals surface area contributed by atoms with Crippen LogP contribution in [0.25, 0.3) is 0 Å². The minimum Gasteiger partial charge on any atom is -0.478 e. The number of fused-ring (bicyclic) bond motifs is 1. The molecule has 5 nitrogen and oxygen atoms in total. The van der Waals surface area contributed by atoms with Crippen molar-refractivity contribution < 1.29 is 9.90 Å². The maximum Gasteiger partial charge on any atom is 0.335 e. The molecule has 0 fully saturated rings. The molecule has 5 heteroatoms. The Morgan fingerprint density at radius 3 is 3.00 bits per heavy atom. The number of rotatable bonds is 4. The van der Waals surface area contributed by atoms with E-state index in [2.05, 4.69) is 9.88 Å². The second-order valence-electron chi connectivity index (χ2n) is 5.09. The number of aromatic carboxylic acids is 1. The fourth-order valence-electron chi connectivity index (χ4n) is 2.68. The Balaban J connectivity index is 1.76. The van der Waals surface area contributed by atoms with Crippen LogP contribution in [0, 0.1) is 0 Å². The SMILES string of the molecule is Cn1ccnc1CCN1CCc2ccc(C(=O)O)cc21. The molecule has 3 rings (SSSR count). The first-order valence-corrected chi connectivity index (χ1v) is 6.72. The summed E-state index contributed by atoms with van der Waals surface area (Å²) in [5.41, 5.74) is 2.64. The molecule has 0 saturated carbocycles. The largest absolute Gasteiger partial charge is 0.478 e. The minimum absolute atomic E-state index is 0.354. The van der Waals surface area contributed by atoms with Gasteiger partial charge in [0.1, 0.15) is 5.82 Å². The van der Waals surface area contributed by atoms with Gasteiger partial charge in [-0.25, -0.2) is 9.78 Å². The number of anilines is 1. The number of aromatic nitrogens is 2. The van der Waals surface area contributed by atoms with E-state index in [0.717, 1.165) is 37.4 Å². The van der Waals surface area contributed by atoms with E-state index in [1.807, 2.05) is 23.9 Å². The fourth-order valence-corrected chi connectivity index (χ4v) is 2.68. The standard InChI is InChI=1S/C15H17N3O2/c1-17-9-6-16-14(17)5-8-18-7-4-11-2-3-12(15(19)20)10-13(11)18/h2-3,6,9-10H,4-5,7-8H2,1H3,(H,19,20). The van der Waals surface area contributed by atoms with E-state index < -0.39 is 5.97 Å². The van der Waals surface area contributed by atoms with Gasteiger partial charge < -0.3 is 14.6 Å². The number of imidazole rings is 1. The first-order valence-electron chi connectivity index (χ1n) is 6.72. The van der Waals surface area contributed by atoms with Crippen molar-refractivity contribution in [2.24, 2.45) is 7.05 Å². The summed E-state index contributed by atoms with van der Waals surface area (Å²) in [5, 5.41) is 9.09. The number of hydrogen-bond acceptors (Lipinski definition) is 3. The van der Waals surface area contributed by atoms with Gasteiger partial charge >= 0.3 is 5.97 Å². The van der Waals surface area contributed by atoms with Crippen LogP contribution in [0.1, 0.15) is 21.7 Å². The third kappa shape index (κ3) is 2.27. The summed E-state index contributed by atoms with van der Waals surface area (Å²) < 4.78 is 2.02. The van der Waals surface area contributed by atoms with Gasteiger partial charge in [-0.2, -0.15) is 0 Å². The average Bonchev–Trinajstić information content (AvgIpc) is 3.02. The van der Waals surface area contributed by atoms with Crippen LogP contribution in [0.4, 0.5) is 5.69 Å². The van der Waals surface area contributed by atoms with E-state index in [0.29, 0.717) is 5.56 Å². The number of nitrogens with zero attached hydrogens (tertiary/aromatic N) is 3. The Morgan fingerprint density at radius 1 is 1.45 bits per heavy atom. The Labute approximate surface area is 117 Å². The molecule has 0 unspecified atom stereocenters. The van der Waals surface area contributed by atoms with E-state index in [1.54, 1.807) is 18.3 Å². The molecule has 0 radical (unpaired) electrons. The highest BCUT2D eigenvalue weighted by Gasteiger charge is 2.20. The van der Waals surface area contributed by atoms with Gasteiger partial charge in [-0.15, -0.1) is 0 Å². The summed E-state index contributed by atoms with van der Waals surface area (Å²) >= 11 is 0. The maximum atomic E-state index is 11.1. The van der Waals surface area contributed by atoms with Crippen molar-refractivity contribution >= 4 is 11.7 Å². The molecule has 1 aliphatic rings. The van der Waals surface area contributed by atoms with Crippen LogP contribution in [0.2, 0.25) is 0 Å². The van der Waals surface area contributed by atoms with Crippen molar-refractivity contribution in [1.82, 2.24) is 9.55 Å². The zero-order valence-corrected chi connectivity index (χ0v) is 11.4. The topological polar surface area (TPSA) is 58.4 Å². The molecule has 0 aliphatic carbocycles. The van der Waals surface area contributed by atoms with Crippen molar-refractivity contribution in [1.29, 1.82) is 0 Å². The van der Waals surface area contributed by atoms with Crippen LogP contribution >= 0.6 is 0 Å². The normalized spacial score (nSPS) is 13.6. The lowest BCUT2D eigenvalue weighted by atomic mass is 10.1. The number of hydrogen-bond donors (Lipinski definition) is 1. The zero-order valence-electron chi connectivity index (χ0n) is 11.4. The van der Waals surface area contributed by atoms with E-state index in [1.165, 1.54) is 5.56 Å². The van der Waals surface area contributed by atoms with E-state index >= 15 is 0 Å². The van der Waals surface area contributed by atoms with Crippen LogP contribution in [-0.4, -0.2) is 33.7 Å². The first kappa shape index (κ1) is 12.7. The molecule has 2 heterocycles. The summed E-state index contributed by atoms with van der Waals surface area (Å²) in [7, 11) is 1.99.